The van der Waals surface area contributed by atoms with Gasteiger partial charge in [-0.3, -0.25) is 4.98 Å². The molecule has 0 atom stereocenters. The molecule has 1 heterocycles. The van der Waals surface area contributed by atoms with E-state index < -0.39 is 5.82 Å². The van der Waals surface area contributed by atoms with Crippen LogP contribution in [0.5, 0.6) is 5.75 Å². The summed E-state index contributed by atoms with van der Waals surface area (Å²) in [5.74, 6) is -0.282. The van der Waals surface area contributed by atoms with Crippen LogP contribution in [-0.4, -0.2) is 11.0 Å². The van der Waals surface area contributed by atoms with Crippen LogP contribution in [0.25, 0.3) is 11.1 Å². The molecule has 5 nitrogen and oxygen atoms in total. The van der Waals surface area contributed by atoms with Crippen molar-refractivity contribution < 1.29 is 18.3 Å². The summed E-state index contributed by atoms with van der Waals surface area (Å²) in [7, 11) is 0. The molecular weight excluding hydrogens is 424 g/mol. The van der Waals surface area contributed by atoms with Gasteiger partial charge in [0.2, 0.25) is 0 Å². The molecule has 0 fully saturated rings. The van der Waals surface area contributed by atoms with Gasteiger partial charge in [0.05, 0.1) is 0 Å². The van der Waals surface area contributed by atoms with E-state index >= 15 is 0 Å². The Morgan fingerprint density at radius 2 is 1.64 bits per heavy atom. The number of amides is 2. The highest BCUT2D eigenvalue weighted by atomic mass is 19.1. The van der Waals surface area contributed by atoms with Crippen molar-refractivity contribution in [2.24, 2.45) is 0 Å². The lowest BCUT2D eigenvalue weighted by atomic mass is 10.0. The summed E-state index contributed by atoms with van der Waals surface area (Å²) in [5.41, 5.74) is 3.60. The number of halogens is 2. The number of benzene rings is 3. The summed E-state index contributed by atoms with van der Waals surface area (Å²) in [6.07, 6.45) is 3.37. The first-order valence-electron chi connectivity index (χ1n) is 10.3. The van der Waals surface area contributed by atoms with Crippen LogP contribution in [0.4, 0.5) is 19.3 Å². The van der Waals surface area contributed by atoms with Crippen molar-refractivity contribution in [3.63, 3.8) is 0 Å². The fourth-order valence-electron chi connectivity index (χ4n) is 3.19. The smallest absolute Gasteiger partial charge is 0.319 e. The van der Waals surface area contributed by atoms with Gasteiger partial charge < -0.3 is 15.4 Å². The van der Waals surface area contributed by atoms with Crippen LogP contribution in [0.1, 0.15) is 11.1 Å². The molecule has 166 valence electrons. The molecule has 0 saturated carbocycles. The number of pyridine rings is 1. The second-order valence-electron chi connectivity index (χ2n) is 7.30. The average molecular weight is 445 g/mol. The Kier molecular flexibility index (Phi) is 6.90. The van der Waals surface area contributed by atoms with E-state index in [2.05, 4.69) is 15.6 Å². The van der Waals surface area contributed by atoms with Crippen LogP contribution in [0.2, 0.25) is 0 Å². The zero-order valence-electron chi connectivity index (χ0n) is 17.6. The normalized spacial score (nSPS) is 10.5. The summed E-state index contributed by atoms with van der Waals surface area (Å²) in [5, 5.41) is 5.54. The number of aromatic nitrogens is 1. The minimum absolute atomic E-state index is 0.243. The quantitative estimate of drug-likeness (QED) is 0.371. The fraction of sp³-hybridized carbons (Fsp3) is 0.0769. The molecule has 0 aliphatic rings. The predicted octanol–water partition coefficient (Wildman–Crippen LogP) is 5.93. The monoisotopic (exact) mass is 445 g/mol. The summed E-state index contributed by atoms with van der Waals surface area (Å²) in [6, 6.07) is 20.6. The van der Waals surface area contributed by atoms with E-state index in [-0.39, 0.29) is 18.5 Å². The van der Waals surface area contributed by atoms with Crippen molar-refractivity contribution in [1.29, 1.82) is 0 Å². The molecule has 2 amide bonds. The molecule has 7 heteroatoms. The molecule has 0 bridgehead atoms. The van der Waals surface area contributed by atoms with Crippen LogP contribution >= 0.6 is 0 Å². The van der Waals surface area contributed by atoms with Crippen LogP contribution in [0.15, 0.2) is 91.3 Å². The number of nitrogens with zero attached hydrogens (tertiary/aromatic N) is 1. The lowest BCUT2D eigenvalue weighted by Gasteiger charge is -2.13. The van der Waals surface area contributed by atoms with Crippen molar-refractivity contribution in [3.05, 3.63) is 114 Å². The number of nitrogens with one attached hydrogen (secondary N) is 2. The Hall–Kier alpha value is -4.26. The van der Waals surface area contributed by atoms with Crippen molar-refractivity contribution in [2.75, 3.05) is 5.32 Å². The second-order valence-corrected chi connectivity index (χ2v) is 7.30. The first kappa shape index (κ1) is 22.0. The zero-order chi connectivity index (χ0) is 23.0. The molecule has 1 aromatic heterocycles. The molecule has 2 N–H and O–H groups in total. The Morgan fingerprint density at radius 1 is 0.879 bits per heavy atom. The fourth-order valence-corrected chi connectivity index (χ4v) is 3.19. The third kappa shape index (κ3) is 6.13. The minimum atomic E-state index is -0.404. The van der Waals surface area contributed by atoms with Gasteiger partial charge in [-0.05, 0) is 65.2 Å². The molecule has 33 heavy (non-hydrogen) atoms. The minimum Gasteiger partial charge on any atom is -0.488 e. The highest BCUT2D eigenvalue weighted by molar-refractivity contribution is 5.89. The van der Waals surface area contributed by atoms with Gasteiger partial charge in [-0.25, -0.2) is 13.6 Å². The van der Waals surface area contributed by atoms with Crippen LogP contribution in [0, 0.1) is 11.6 Å². The SMILES string of the molecule is O=C(NCc1cccnc1)Nc1ccc(COc2ccc(F)cc2-c2ccc(F)cc2)cc1. The number of rotatable bonds is 7. The lowest BCUT2D eigenvalue weighted by Crippen LogP contribution is -2.28. The van der Waals surface area contributed by atoms with Crippen LogP contribution < -0.4 is 15.4 Å². The van der Waals surface area contributed by atoms with E-state index in [4.69, 9.17) is 4.74 Å². The number of ether oxygens (including phenoxy) is 1. The third-order valence-electron chi connectivity index (χ3n) is 4.88. The summed E-state index contributed by atoms with van der Waals surface area (Å²) < 4.78 is 33.0. The van der Waals surface area contributed by atoms with Gasteiger partial charge in [-0.1, -0.05) is 30.3 Å². The topological polar surface area (TPSA) is 63.2 Å². The standard InChI is InChI=1S/C26H21F2N3O2/c27-21-7-5-20(6-8-21)24-14-22(28)9-12-25(24)33-17-18-3-10-23(11-4-18)31-26(32)30-16-19-2-1-13-29-15-19/h1-15H,16-17H2,(H2,30,31,32). The maximum atomic E-state index is 13.8. The van der Waals surface area contributed by atoms with Gasteiger partial charge in [-0.15, -0.1) is 0 Å². The number of anilines is 1. The highest BCUT2D eigenvalue weighted by Crippen LogP contribution is 2.31. The maximum absolute atomic E-state index is 13.8. The number of carbonyl (C=O) groups is 1. The summed E-state index contributed by atoms with van der Waals surface area (Å²) in [4.78, 5) is 16.1. The number of carbonyl (C=O) groups excluding carboxylic acids is 1. The highest BCUT2D eigenvalue weighted by Gasteiger charge is 2.09. The summed E-state index contributed by atoms with van der Waals surface area (Å²) in [6.45, 7) is 0.618. The van der Waals surface area contributed by atoms with E-state index in [0.29, 0.717) is 29.1 Å². The molecule has 0 aliphatic heterocycles. The number of hydrogen-bond acceptors (Lipinski definition) is 3. The van der Waals surface area contributed by atoms with E-state index in [1.165, 1.54) is 24.3 Å². The second kappa shape index (κ2) is 10.4. The summed E-state index contributed by atoms with van der Waals surface area (Å²) >= 11 is 0. The number of hydrogen-bond donors (Lipinski definition) is 2. The van der Waals surface area contributed by atoms with E-state index in [9.17, 15) is 13.6 Å². The van der Waals surface area contributed by atoms with Crippen molar-refractivity contribution >= 4 is 11.7 Å². The largest absolute Gasteiger partial charge is 0.488 e. The average Bonchev–Trinajstić information content (AvgIpc) is 2.84. The van der Waals surface area contributed by atoms with Crippen molar-refractivity contribution in [2.45, 2.75) is 13.2 Å². The van der Waals surface area contributed by atoms with Crippen LogP contribution in [0.3, 0.4) is 0 Å². The molecule has 0 spiro atoms. The van der Waals surface area contributed by atoms with Gasteiger partial charge in [0.15, 0.2) is 0 Å². The molecule has 3 aromatic carbocycles. The lowest BCUT2D eigenvalue weighted by molar-refractivity contribution is 0.251. The first-order chi connectivity index (χ1) is 16.1. The van der Waals surface area contributed by atoms with Gasteiger partial charge in [0, 0.05) is 30.2 Å². The third-order valence-corrected chi connectivity index (χ3v) is 4.88. The Balaban J connectivity index is 1.35. The van der Waals surface area contributed by atoms with E-state index in [1.807, 2.05) is 24.3 Å². The van der Waals surface area contributed by atoms with E-state index in [0.717, 1.165) is 11.1 Å². The molecule has 4 rings (SSSR count). The molecule has 0 saturated heterocycles. The molecule has 0 aliphatic carbocycles. The Labute approximate surface area is 190 Å². The zero-order valence-corrected chi connectivity index (χ0v) is 17.6. The molecule has 4 aromatic rings. The maximum Gasteiger partial charge on any atom is 0.319 e. The van der Waals surface area contributed by atoms with Crippen molar-refractivity contribution in [1.82, 2.24) is 10.3 Å². The Morgan fingerprint density at radius 3 is 2.36 bits per heavy atom. The first-order valence-corrected chi connectivity index (χ1v) is 10.3. The van der Waals surface area contributed by atoms with Crippen molar-refractivity contribution in [3.8, 4) is 16.9 Å². The van der Waals surface area contributed by atoms with Crippen LogP contribution in [-0.2, 0) is 13.2 Å². The molecular formula is C26H21F2N3O2. The Bertz CT molecular complexity index is 1210. The van der Waals surface area contributed by atoms with Gasteiger partial charge in [0.25, 0.3) is 0 Å². The number of urea groups is 1. The van der Waals surface area contributed by atoms with Gasteiger partial charge in [-0.2, -0.15) is 0 Å². The predicted molar refractivity (Wildman–Crippen MR) is 123 cm³/mol. The van der Waals surface area contributed by atoms with E-state index in [1.54, 1.807) is 42.7 Å². The van der Waals surface area contributed by atoms with Gasteiger partial charge >= 0.3 is 6.03 Å². The molecule has 0 unspecified atom stereocenters. The van der Waals surface area contributed by atoms with Gasteiger partial charge in [0.1, 0.15) is 24.0 Å². The molecule has 0 radical (unpaired) electrons.